The summed E-state index contributed by atoms with van der Waals surface area (Å²) in [7, 11) is 1.77. The molecule has 1 saturated heterocycles. The van der Waals surface area contributed by atoms with Crippen LogP contribution in [0.25, 0.3) is 22.3 Å². The number of rotatable bonds is 5. The quantitative estimate of drug-likeness (QED) is 0.606. The summed E-state index contributed by atoms with van der Waals surface area (Å²) in [6, 6.07) is 8.13. The first-order valence-corrected chi connectivity index (χ1v) is 12.1. The van der Waals surface area contributed by atoms with Gasteiger partial charge in [0.1, 0.15) is 12.2 Å². The molecule has 2 N–H and O–H groups in total. The number of nitrogens with zero attached hydrogens (tertiary/aromatic N) is 3. The number of anilines is 1. The zero-order valence-corrected chi connectivity index (χ0v) is 19.8. The van der Waals surface area contributed by atoms with Gasteiger partial charge in [-0.25, -0.2) is 0 Å². The minimum atomic E-state index is -0.0725. The summed E-state index contributed by atoms with van der Waals surface area (Å²) in [5.41, 5.74) is 6.74. The number of amides is 2. The van der Waals surface area contributed by atoms with Crippen molar-refractivity contribution in [3.63, 3.8) is 0 Å². The first kappa shape index (κ1) is 21.7. The molecule has 1 atom stereocenters. The highest BCUT2D eigenvalue weighted by Gasteiger charge is 2.31. The second-order valence-corrected chi connectivity index (χ2v) is 10.1. The van der Waals surface area contributed by atoms with Crippen molar-refractivity contribution in [1.82, 2.24) is 20.1 Å². The van der Waals surface area contributed by atoms with Crippen LogP contribution in [0.15, 0.2) is 24.3 Å². The zero-order valence-electron chi connectivity index (χ0n) is 19.8. The van der Waals surface area contributed by atoms with Crippen molar-refractivity contribution in [3.05, 3.63) is 35.5 Å². The van der Waals surface area contributed by atoms with Gasteiger partial charge in [-0.05, 0) is 55.7 Å². The second-order valence-electron chi connectivity index (χ2n) is 10.1. The predicted octanol–water partition coefficient (Wildman–Crippen LogP) is 4.44. The number of nitrogens with one attached hydrogen (secondary N) is 2. The normalized spacial score (nSPS) is 20.8. The average molecular weight is 448 g/mol. The van der Waals surface area contributed by atoms with Crippen LogP contribution in [0.3, 0.4) is 0 Å². The third-order valence-corrected chi connectivity index (χ3v) is 7.76. The standard InChI is InChI=1S/C26H33N5O2/c1-4-26(2)11-10-19-22(15-26)28-29-25(19)21-13-17-8-9-18(14-20(17)27-21)30(3)24(33)16-31-12-6-5-7-23(31)32/h8-9,13-14,27H,4-7,10-12,15-16H2,1-3H3,(H,28,29). The topological polar surface area (TPSA) is 85.1 Å². The lowest BCUT2D eigenvalue weighted by Gasteiger charge is -2.32. The Morgan fingerprint density at radius 2 is 2.09 bits per heavy atom. The Balaban J connectivity index is 1.36. The fourth-order valence-electron chi connectivity index (χ4n) is 5.18. The highest BCUT2D eigenvalue weighted by molar-refractivity contribution is 5.98. The van der Waals surface area contributed by atoms with Gasteiger partial charge in [0.25, 0.3) is 0 Å². The molecule has 1 aliphatic carbocycles. The SMILES string of the molecule is CCC1(C)CCc2c(-c3cc4ccc(N(C)C(=O)CN5CCCCC5=O)cc4[nH]3)n[nH]c2C1. The van der Waals surface area contributed by atoms with Crippen molar-refractivity contribution in [2.24, 2.45) is 5.41 Å². The summed E-state index contributed by atoms with van der Waals surface area (Å²) in [5, 5.41) is 9.04. The van der Waals surface area contributed by atoms with Crippen LogP contribution in [0.4, 0.5) is 5.69 Å². The van der Waals surface area contributed by atoms with Crippen LogP contribution < -0.4 is 4.90 Å². The summed E-state index contributed by atoms with van der Waals surface area (Å²) < 4.78 is 0. The van der Waals surface area contributed by atoms with E-state index in [-0.39, 0.29) is 18.4 Å². The molecule has 33 heavy (non-hydrogen) atoms. The molecule has 1 aromatic carbocycles. The molecule has 0 radical (unpaired) electrons. The average Bonchev–Trinajstić information content (AvgIpc) is 3.42. The molecule has 7 nitrogen and oxygen atoms in total. The van der Waals surface area contributed by atoms with Crippen molar-refractivity contribution in [1.29, 1.82) is 0 Å². The molecule has 0 saturated carbocycles. The van der Waals surface area contributed by atoms with Gasteiger partial charge < -0.3 is 14.8 Å². The summed E-state index contributed by atoms with van der Waals surface area (Å²) in [6.07, 6.45) is 6.87. The van der Waals surface area contributed by atoms with E-state index in [1.165, 1.54) is 24.1 Å². The number of aromatic amines is 2. The molecule has 7 heteroatoms. The zero-order chi connectivity index (χ0) is 23.2. The number of likely N-dealkylation sites (tertiary alicyclic amines) is 1. The first-order chi connectivity index (χ1) is 15.9. The molecule has 174 valence electrons. The lowest BCUT2D eigenvalue weighted by Crippen LogP contribution is -2.43. The molecule has 3 aromatic rings. The highest BCUT2D eigenvalue weighted by Crippen LogP contribution is 2.40. The Kier molecular flexibility index (Phi) is 5.51. The monoisotopic (exact) mass is 447 g/mol. The van der Waals surface area contributed by atoms with Crippen molar-refractivity contribution in [2.45, 2.75) is 58.8 Å². The fraction of sp³-hybridized carbons (Fsp3) is 0.500. The largest absolute Gasteiger partial charge is 0.353 e. The Bertz CT molecular complexity index is 1210. The molecule has 2 aromatic heterocycles. The lowest BCUT2D eigenvalue weighted by molar-refractivity contribution is -0.137. The Morgan fingerprint density at radius 3 is 2.88 bits per heavy atom. The predicted molar refractivity (Wildman–Crippen MR) is 130 cm³/mol. The summed E-state index contributed by atoms with van der Waals surface area (Å²) in [5.74, 6) is 0.00534. The van der Waals surface area contributed by atoms with Crippen LogP contribution in [0.5, 0.6) is 0 Å². The van der Waals surface area contributed by atoms with E-state index in [2.05, 4.69) is 35.1 Å². The van der Waals surface area contributed by atoms with Gasteiger partial charge in [0.2, 0.25) is 11.8 Å². The number of benzene rings is 1. The number of H-pyrrole nitrogens is 2. The molecule has 5 rings (SSSR count). The van der Waals surface area contributed by atoms with Gasteiger partial charge in [-0.1, -0.05) is 26.3 Å². The molecular weight excluding hydrogens is 414 g/mol. The van der Waals surface area contributed by atoms with E-state index in [1.54, 1.807) is 16.8 Å². The molecular formula is C26H33N5O2. The van der Waals surface area contributed by atoms with E-state index >= 15 is 0 Å². The van der Waals surface area contributed by atoms with Crippen LogP contribution in [0.2, 0.25) is 0 Å². The Morgan fingerprint density at radius 1 is 1.24 bits per heavy atom. The number of hydrogen-bond donors (Lipinski definition) is 2. The van der Waals surface area contributed by atoms with E-state index in [4.69, 9.17) is 0 Å². The van der Waals surface area contributed by atoms with Gasteiger partial charge in [0, 0.05) is 47.9 Å². The van der Waals surface area contributed by atoms with Crippen LogP contribution in [0.1, 0.15) is 57.2 Å². The molecule has 2 aliphatic rings. The maximum absolute atomic E-state index is 12.8. The lowest BCUT2D eigenvalue weighted by atomic mass is 9.73. The van der Waals surface area contributed by atoms with Crippen molar-refractivity contribution >= 4 is 28.4 Å². The number of hydrogen-bond acceptors (Lipinski definition) is 3. The van der Waals surface area contributed by atoms with Crippen molar-refractivity contribution in [2.75, 3.05) is 25.0 Å². The number of likely N-dealkylation sites (N-methyl/N-ethyl adjacent to an activating group) is 1. The third kappa shape index (κ3) is 4.05. The molecule has 0 bridgehead atoms. The molecule has 1 aliphatic heterocycles. The van der Waals surface area contributed by atoms with Crippen molar-refractivity contribution < 1.29 is 9.59 Å². The minimum Gasteiger partial charge on any atom is -0.353 e. The van der Waals surface area contributed by atoms with Crippen LogP contribution in [-0.4, -0.2) is 52.0 Å². The number of fused-ring (bicyclic) bond motifs is 2. The Hall–Kier alpha value is -3.09. The van der Waals surface area contributed by atoms with Crippen molar-refractivity contribution in [3.8, 4) is 11.4 Å². The number of aromatic nitrogens is 3. The van der Waals surface area contributed by atoms with E-state index in [1.807, 2.05) is 18.2 Å². The third-order valence-electron chi connectivity index (χ3n) is 7.76. The van der Waals surface area contributed by atoms with Gasteiger partial charge in [-0.3, -0.25) is 14.7 Å². The number of carbonyl (C=O) groups excluding carboxylic acids is 2. The van der Waals surface area contributed by atoms with E-state index < -0.39 is 0 Å². The summed E-state index contributed by atoms with van der Waals surface area (Å²) >= 11 is 0. The highest BCUT2D eigenvalue weighted by atomic mass is 16.2. The number of carbonyl (C=O) groups is 2. The minimum absolute atomic E-state index is 0.0725. The molecule has 3 heterocycles. The van der Waals surface area contributed by atoms with E-state index in [9.17, 15) is 9.59 Å². The van der Waals surface area contributed by atoms with Gasteiger partial charge in [0.15, 0.2) is 0 Å². The first-order valence-electron chi connectivity index (χ1n) is 12.1. The van der Waals surface area contributed by atoms with Crippen LogP contribution in [-0.2, 0) is 22.4 Å². The van der Waals surface area contributed by atoms with E-state index in [0.29, 0.717) is 18.4 Å². The van der Waals surface area contributed by atoms with Gasteiger partial charge in [-0.15, -0.1) is 0 Å². The summed E-state index contributed by atoms with van der Waals surface area (Å²) in [4.78, 5) is 31.7. The molecule has 0 spiro atoms. The second kappa shape index (κ2) is 8.36. The van der Waals surface area contributed by atoms with Gasteiger partial charge in [-0.2, -0.15) is 5.10 Å². The molecule has 2 amide bonds. The fourth-order valence-corrected chi connectivity index (χ4v) is 5.18. The molecule has 1 unspecified atom stereocenters. The molecule has 1 fully saturated rings. The smallest absolute Gasteiger partial charge is 0.246 e. The Labute approximate surface area is 194 Å². The van der Waals surface area contributed by atoms with Gasteiger partial charge >= 0.3 is 0 Å². The van der Waals surface area contributed by atoms with Gasteiger partial charge in [0.05, 0.1) is 5.69 Å². The maximum Gasteiger partial charge on any atom is 0.246 e. The summed E-state index contributed by atoms with van der Waals surface area (Å²) in [6.45, 7) is 5.44. The van der Waals surface area contributed by atoms with E-state index in [0.717, 1.165) is 53.7 Å². The maximum atomic E-state index is 12.8. The van der Waals surface area contributed by atoms with Crippen LogP contribution >= 0.6 is 0 Å². The number of piperidine rings is 1. The van der Waals surface area contributed by atoms with Crippen LogP contribution in [0, 0.1) is 5.41 Å².